The molecule has 0 radical (unpaired) electrons. The number of pyridine rings is 1. The van der Waals surface area contributed by atoms with Gasteiger partial charge >= 0.3 is 0 Å². The van der Waals surface area contributed by atoms with Gasteiger partial charge in [0.05, 0.1) is 34.3 Å². The molecular formula is C20H21N3O4S. The molecule has 0 bridgehead atoms. The van der Waals surface area contributed by atoms with E-state index in [1.807, 2.05) is 24.3 Å². The molecule has 1 aromatic carbocycles. The Morgan fingerprint density at radius 3 is 2.89 bits per heavy atom. The van der Waals surface area contributed by atoms with E-state index in [0.29, 0.717) is 37.5 Å². The summed E-state index contributed by atoms with van der Waals surface area (Å²) in [5.74, 6) is 0.483. The zero-order valence-corrected chi connectivity index (χ0v) is 16.2. The highest BCUT2D eigenvalue weighted by atomic mass is 32.1. The number of ether oxygens (including phenoxy) is 2. The summed E-state index contributed by atoms with van der Waals surface area (Å²) in [5.41, 5.74) is 4.02. The Kier molecular flexibility index (Phi) is 5.52. The Labute approximate surface area is 166 Å². The van der Waals surface area contributed by atoms with Crippen molar-refractivity contribution in [2.45, 2.75) is 18.9 Å². The van der Waals surface area contributed by atoms with E-state index in [9.17, 15) is 9.90 Å². The molecule has 0 saturated heterocycles. The molecule has 0 unspecified atom stereocenters. The highest BCUT2D eigenvalue weighted by Gasteiger charge is 2.33. The van der Waals surface area contributed by atoms with Gasteiger partial charge in [-0.25, -0.2) is 4.98 Å². The van der Waals surface area contributed by atoms with Crippen LogP contribution in [0.5, 0.6) is 5.75 Å². The van der Waals surface area contributed by atoms with E-state index < -0.39 is 0 Å². The maximum atomic E-state index is 12.3. The minimum atomic E-state index is -0.359. The Morgan fingerprint density at radius 2 is 2.18 bits per heavy atom. The molecule has 0 atom stereocenters. The molecule has 28 heavy (non-hydrogen) atoms. The van der Waals surface area contributed by atoms with E-state index in [-0.39, 0.29) is 17.9 Å². The van der Waals surface area contributed by atoms with Gasteiger partial charge in [-0.1, -0.05) is 0 Å². The zero-order valence-electron chi connectivity index (χ0n) is 15.4. The van der Waals surface area contributed by atoms with Gasteiger partial charge in [-0.2, -0.15) is 0 Å². The second kappa shape index (κ2) is 8.22. The smallest absolute Gasteiger partial charge is 0.227 e. The molecule has 1 fully saturated rings. The van der Waals surface area contributed by atoms with E-state index in [0.717, 1.165) is 21.5 Å². The van der Waals surface area contributed by atoms with Crippen molar-refractivity contribution in [1.82, 2.24) is 9.97 Å². The molecule has 2 heterocycles. The second-order valence-corrected chi connectivity index (χ2v) is 7.64. The Balaban J connectivity index is 1.64. The monoisotopic (exact) mass is 399 g/mol. The van der Waals surface area contributed by atoms with Gasteiger partial charge in [0.1, 0.15) is 12.4 Å². The van der Waals surface area contributed by atoms with E-state index in [4.69, 9.17) is 14.5 Å². The fourth-order valence-corrected chi connectivity index (χ4v) is 3.72. The number of nitrogens with one attached hydrogen (secondary N) is 1. The van der Waals surface area contributed by atoms with E-state index in [1.165, 1.54) is 11.3 Å². The lowest BCUT2D eigenvalue weighted by atomic mass is 9.82. The fraction of sp³-hybridized carbons (Fsp3) is 0.350. The molecule has 1 aliphatic carbocycles. The molecule has 0 aliphatic heterocycles. The number of nitrogens with zero attached hydrogens (tertiary/aromatic N) is 2. The summed E-state index contributed by atoms with van der Waals surface area (Å²) in [6.07, 6.45) is 2.46. The van der Waals surface area contributed by atoms with Crippen molar-refractivity contribution in [2.75, 3.05) is 25.6 Å². The number of hydrogen-bond acceptors (Lipinski definition) is 7. The average Bonchev–Trinajstić information content (AvgIpc) is 3.20. The SMILES string of the molecule is COCCOc1cc(-c2cncs2)nc2ccc(NC(=O)C3CC(O)C3)cc12. The van der Waals surface area contributed by atoms with Crippen LogP contribution >= 0.6 is 11.3 Å². The number of aliphatic hydroxyl groups excluding tert-OH is 1. The number of thiazole rings is 1. The Bertz CT molecular complexity index is 971. The molecular weight excluding hydrogens is 378 g/mol. The van der Waals surface area contributed by atoms with Gasteiger partial charge in [0.2, 0.25) is 5.91 Å². The number of benzene rings is 1. The van der Waals surface area contributed by atoms with Crippen LogP contribution in [-0.2, 0) is 9.53 Å². The van der Waals surface area contributed by atoms with Crippen molar-refractivity contribution in [3.05, 3.63) is 36.0 Å². The van der Waals surface area contributed by atoms with Crippen molar-refractivity contribution in [1.29, 1.82) is 0 Å². The van der Waals surface area contributed by atoms with Crippen molar-refractivity contribution in [3.63, 3.8) is 0 Å². The van der Waals surface area contributed by atoms with E-state index >= 15 is 0 Å². The molecule has 146 valence electrons. The average molecular weight is 399 g/mol. The lowest BCUT2D eigenvalue weighted by Crippen LogP contribution is -2.37. The first kappa shape index (κ1) is 18.8. The van der Waals surface area contributed by atoms with Gasteiger partial charge in [0.25, 0.3) is 0 Å². The number of aliphatic hydroxyl groups is 1. The lowest BCUT2D eigenvalue weighted by Gasteiger charge is -2.30. The predicted octanol–water partition coefficient (Wildman–Crippen LogP) is 3.09. The van der Waals surface area contributed by atoms with E-state index in [2.05, 4.69) is 10.3 Å². The number of hydrogen-bond donors (Lipinski definition) is 2. The molecule has 0 spiro atoms. The van der Waals surface area contributed by atoms with Crippen LogP contribution in [0.1, 0.15) is 12.8 Å². The third-order valence-electron chi connectivity index (χ3n) is 4.75. The molecule has 2 N–H and O–H groups in total. The first-order chi connectivity index (χ1) is 13.6. The van der Waals surface area contributed by atoms with Crippen LogP contribution in [0.15, 0.2) is 36.0 Å². The molecule has 1 amide bonds. The second-order valence-electron chi connectivity index (χ2n) is 6.76. The number of aromatic nitrogens is 2. The molecule has 4 rings (SSSR count). The van der Waals surface area contributed by atoms with Crippen LogP contribution < -0.4 is 10.1 Å². The maximum Gasteiger partial charge on any atom is 0.227 e. The first-order valence-corrected chi connectivity index (χ1v) is 9.96. The lowest BCUT2D eigenvalue weighted by molar-refractivity contribution is -0.126. The van der Waals surface area contributed by atoms with E-state index in [1.54, 1.807) is 18.8 Å². The van der Waals surface area contributed by atoms with Crippen molar-refractivity contribution in [3.8, 4) is 16.3 Å². The van der Waals surface area contributed by atoms with Crippen molar-refractivity contribution >= 4 is 33.8 Å². The molecule has 1 aliphatic rings. The normalized spacial score (nSPS) is 18.6. The molecule has 3 aromatic rings. The summed E-state index contributed by atoms with van der Waals surface area (Å²) < 4.78 is 11.0. The largest absolute Gasteiger partial charge is 0.490 e. The highest BCUT2D eigenvalue weighted by molar-refractivity contribution is 7.13. The Hall–Kier alpha value is -2.55. The summed E-state index contributed by atoms with van der Waals surface area (Å²) in [7, 11) is 1.63. The van der Waals surface area contributed by atoms with Crippen LogP contribution in [0.2, 0.25) is 0 Å². The van der Waals surface area contributed by atoms with Gasteiger partial charge in [-0.15, -0.1) is 11.3 Å². The summed E-state index contributed by atoms with van der Waals surface area (Å²) in [6.45, 7) is 0.883. The van der Waals surface area contributed by atoms with Gasteiger partial charge in [0.15, 0.2) is 0 Å². The first-order valence-electron chi connectivity index (χ1n) is 9.08. The van der Waals surface area contributed by atoms with Crippen LogP contribution in [0, 0.1) is 5.92 Å². The number of fused-ring (bicyclic) bond motifs is 1. The summed E-state index contributed by atoms with van der Waals surface area (Å²) in [4.78, 5) is 22.1. The minimum absolute atomic E-state index is 0.0688. The van der Waals surface area contributed by atoms with Gasteiger partial charge < -0.3 is 19.9 Å². The molecule has 2 aromatic heterocycles. The highest BCUT2D eigenvalue weighted by Crippen LogP contribution is 2.34. The minimum Gasteiger partial charge on any atom is -0.490 e. The fourth-order valence-electron chi connectivity index (χ4n) is 3.14. The van der Waals surface area contributed by atoms with Crippen molar-refractivity contribution in [2.24, 2.45) is 5.92 Å². The van der Waals surface area contributed by atoms with Gasteiger partial charge in [-0.3, -0.25) is 9.78 Å². The van der Waals surface area contributed by atoms with Crippen LogP contribution in [0.3, 0.4) is 0 Å². The standard InChI is InChI=1S/C20H21N3O4S/c1-26-4-5-27-18-9-17(19-10-21-11-28-19)23-16-3-2-13(8-15(16)18)22-20(25)12-6-14(24)7-12/h2-3,8-12,14,24H,4-7H2,1H3,(H,22,25). The number of rotatable bonds is 7. The molecule has 1 saturated carbocycles. The molecule has 7 nitrogen and oxygen atoms in total. The number of carbonyl (C=O) groups excluding carboxylic acids is 1. The van der Waals surface area contributed by atoms with Crippen LogP contribution in [-0.4, -0.2) is 47.4 Å². The summed E-state index contributed by atoms with van der Waals surface area (Å²) >= 11 is 1.51. The van der Waals surface area contributed by atoms with Crippen molar-refractivity contribution < 1.29 is 19.4 Å². The van der Waals surface area contributed by atoms with Gasteiger partial charge in [0, 0.05) is 36.4 Å². The third-order valence-corrected chi connectivity index (χ3v) is 5.55. The zero-order chi connectivity index (χ0) is 19.5. The number of methoxy groups -OCH3 is 1. The number of amides is 1. The maximum absolute atomic E-state index is 12.3. The summed E-state index contributed by atoms with van der Waals surface area (Å²) in [5, 5.41) is 13.1. The molecule has 8 heteroatoms. The predicted molar refractivity (Wildman–Crippen MR) is 108 cm³/mol. The topological polar surface area (TPSA) is 93.6 Å². The van der Waals surface area contributed by atoms with Crippen LogP contribution in [0.25, 0.3) is 21.5 Å². The van der Waals surface area contributed by atoms with Gasteiger partial charge in [-0.05, 0) is 31.0 Å². The number of carbonyl (C=O) groups is 1. The Morgan fingerprint density at radius 1 is 1.32 bits per heavy atom. The summed E-state index contributed by atoms with van der Waals surface area (Å²) in [6, 6.07) is 7.46. The van der Waals surface area contributed by atoms with Crippen LogP contribution in [0.4, 0.5) is 5.69 Å². The number of anilines is 1. The quantitative estimate of drug-likeness (QED) is 0.593. The third kappa shape index (κ3) is 3.99.